The van der Waals surface area contributed by atoms with Gasteiger partial charge in [0.2, 0.25) is 11.8 Å². The van der Waals surface area contributed by atoms with Gasteiger partial charge < -0.3 is 9.64 Å². The monoisotopic (exact) mass is 456 g/mol. The van der Waals surface area contributed by atoms with E-state index in [1.165, 1.54) is 0 Å². The zero-order valence-corrected chi connectivity index (χ0v) is 20.3. The van der Waals surface area contributed by atoms with E-state index in [1.807, 2.05) is 20.8 Å². The van der Waals surface area contributed by atoms with Crippen LogP contribution in [0.2, 0.25) is 0 Å². The van der Waals surface area contributed by atoms with Crippen LogP contribution in [0.1, 0.15) is 89.4 Å². The van der Waals surface area contributed by atoms with E-state index in [0.717, 1.165) is 43.4 Å². The molecule has 1 aliphatic carbocycles. The first-order valence-electron chi connectivity index (χ1n) is 12.1. The third-order valence-electron chi connectivity index (χ3n) is 6.28. The summed E-state index contributed by atoms with van der Waals surface area (Å²) in [5.74, 6) is -1.19. The van der Waals surface area contributed by atoms with Crippen molar-refractivity contribution >= 4 is 29.4 Å². The summed E-state index contributed by atoms with van der Waals surface area (Å²) in [6.07, 6.45) is 6.36. The van der Waals surface area contributed by atoms with Crippen molar-refractivity contribution in [2.24, 2.45) is 5.41 Å². The van der Waals surface area contributed by atoms with Gasteiger partial charge in [0.05, 0.1) is 24.3 Å². The van der Waals surface area contributed by atoms with Crippen LogP contribution in [0.4, 0.5) is 5.69 Å². The van der Waals surface area contributed by atoms with Gasteiger partial charge in [0.1, 0.15) is 6.04 Å². The second-order valence-corrected chi connectivity index (χ2v) is 10.2. The smallest absolute Gasteiger partial charge is 0.338 e. The van der Waals surface area contributed by atoms with Crippen LogP contribution in [0.25, 0.3) is 0 Å². The van der Waals surface area contributed by atoms with Crippen LogP contribution < -0.4 is 4.90 Å². The van der Waals surface area contributed by atoms with Crippen molar-refractivity contribution in [1.29, 1.82) is 0 Å². The highest BCUT2D eigenvalue weighted by atomic mass is 16.5. The van der Waals surface area contributed by atoms with Gasteiger partial charge in [0.25, 0.3) is 5.91 Å². The second kappa shape index (κ2) is 10.5. The maximum Gasteiger partial charge on any atom is 0.338 e. The number of benzene rings is 1. The molecule has 33 heavy (non-hydrogen) atoms. The molecule has 1 aliphatic heterocycles. The van der Waals surface area contributed by atoms with Gasteiger partial charge in [-0.25, -0.2) is 9.69 Å². The number of amides is 3. The fourth-order valence-corrected chi connectivity index (χ4v) is 4.78. The molecule has 0 bridgehead atoms. The number of esters is 1. The number of imide groups is 1. The largest absolute Gasteiger partial charge is 0.462 e. The molecule has 3 amide bonds. The molecule has 2 aliphatic rings. The summed E-state index contributed by atoms with van der Waals surface area (Å²) in [5, 5.41) is 0. The number of nitrogens with zero attached hydrogens (tertiary/aromatic N) is 2. The molecule has 3 rings (SSSR count). The number of hydrogen-bond donors (Lipinski definition) is 0. The van der Waals surface area contributed by atoms with Crippen LogP contribution >= 0.6 is 0 Å². The number of anilines is 1. The number of ether oxygens (including phenoxy) is 1. The van der Waals surface area contributed by atoms with Crippen molar-refractivity contribution in [1.82, 2.24) is 4.90 Å². The molecule has 0 N–H and O–H groups in total. The van der Waals surface area contributed by atoms with Crippen molar-refractivity contribution in [3.05, 3.63) is 29.8 Å². The molecule has 1 aromatic carbocycles. The zero-order valence-electron chi connectivity index (χ0n) is 20.3. The Hall–Kier alpha value is -2.70. The van der Waals surface area contributed by atoms with E-state index in [1.54, 1.807) is 36.1 Å². The quantitative estimate of drug-likeness (QED) is 0.358. The van der Waals surface area contributed by atoms with E-state index in [4.69, 9.17) is 4.74 Å². The van der Waals surface area contributed by atoms with Gasteiger partial charge in [-0.1, -0.05) is 46.5 Å². The summed E-state index contributed by atoms with van der Waals surface area (Å²) >= 11 is 0. The highest BCUT2D eigenvalue weighted by molar-refractivity contribution is 6.23. The van der Waals surface area contributed by atoms with E-state index in [9.17, 15) is 19.2 Å². The molecule has 0 spiro atoms. The summed E-state index contributed by atoms with van der Waals surface area (Å²) in [7, 11) is 0. The SMILES string of the molecule is CCOC(=O)c1ccc(N2C(=O)CC(N(C(=O)CC(C)(C)C)C3CCCCCC3)C2=O)cc1. The summed E-state index contributed by atoms with van der Waals surface area (Å²) in [5.41, 5.74) is 0.551. The Balaban J connectivity index is 1.86. The normalized spacial score (nSPS) is 20.0. The fourth-order valence-electron chi connectivity index (χ4n) is 4.78. The number of rotatable bonds is 6. The summed E-state index contributed by atoms with van der Waals surface area (Å²) in [6, 6.07) is 5.47. The van der Waals surface area contributed by atoms with Gasteiger partial charge in [-0.3, -0.25) is 14.4 Å². The predicted molar refractivity (Wildman–Crippen MR) is 126 cm³/mol. The van der Waals surface area contributed by atoms with E-state index in [-0.39, 0.29) is 42.2 Å². The Morgan fingerprint density at radius 2 is 1.64 bits per heavy atom. The minimum absolute atomic E-state index is 0.00908. The zero-order chi connectivity index (χ0) is 24.2. The van der Waals surface area contributed by atoms with Gasteiger partial charge in [-0.05, 0) is 49.4 Å². The van der Waals surface area contributed by atoms with Crippen LogP contribution in [-0.2, 0) is 19.1 Å². The second-order valence-electron chi connectivity index (χ2n) is 10.2. The first-order valence-corrected chi connectivity index (χ1v) is 12.1. The number of carbonyl (C=O) groups excluding carboxylic acids is 4. The van der Waals surface area contributed by atoms with Crippen LogP contribution in [0.15, 0.2) is 24.3 Å². The molecule has 0 radical (unpaired) electrons. The molecule has 1 saturated carbocycles. The molecule has 1 saturated heterocycles. The minimum Gasteiger partial charge on any atom is -0.462 e. The Labute approximate surface area is 196 Å². The molecule has 1 heterocycles. The number of carbonyl (C=O) groups is 4. The summed E-state index contributed by atoms with van der Waals surface area (Å²) in [4.78, 5) is 54.7. The van der Waals surface area contributed by atoms with E-state index < -0.39 is 12.0 Å². The molecular formula is C26H36N2O5. The maximum atomic E-state index is 13.5. The van der Waals surface area contributed by atoms with Crippen molar-refractivity contribution in [2.45, 2.75) is 91.1 Å². The molecule has 1 atom stereocenters. The topological polar surface area (TPSA) is 84.0 Å². The summed E-state index contributed by atoms with van der Waals surface area (Å²) < 4.78 is 5.00. The standard InChI is InChI=1S/C26H36N2O5/c1-5-33-25(32)18-12-14-20(15-13-18)28-22(29)16-21(24(28)31)27(23(30)17-26(2,3)4)19-10-8-6-7-9-11-19/h12-15,19,21H,5-11,16-17H2,1-4H3. The first kappa shape index (κ1) is 24.9. The molecule has 180 valence electrons. The highest BCUT2D eigenvalue weighted by Gasteiger charge is 2.46. The third kappa shape index (κ3) is 6.01. The first-order chi connectivity index (χ1) is 15.6. The Morgan fingerprint density at radius 1 is 1.03 bits per heavy atom. The van der Waals surface area contributed by atoms with Crippen LogP contribution in [0.5, 0.6) is 0 Å². The maximum absolute atomic E-state index is 13.5. The molecule has 0 aromatic heterocycles. The minimum atomic E-state index is -0.778. The number of hydrogen-bond acceptors (Lipinski definition) is 5. The predicted octanol–water partition coefficient (Wildman–Crippen LogP) is 4.48. The Morgan fingerprint density at radius 3 is 2.18 bits per heavy atom. The van der Waals surface area contributed by atoms with Gasteiger partial charge >= 0.3 is 5.97 Å². The van der Waals surface area contributed by atoms with Crippen molar-refractivity contribution in [3.63, 3.8) is 0 Å². The van der Waals surface area contributed by atoms with Crippen molar-refractivity contribution < 1.29 is 23.9 Å². The molecule has 1 unspecified atom stereocenters. The van der Waals surface area contributed by atoms with Crippen molar-refractivity contribution in [3.8, 4) is 0 Å². The third-order valence-corrected chi connectivity index (χ3v) is 6.28. The van der Waals surface area contributed by atoms with Gasteiger partial charge in [0, 0.05) is 12.5 Å². The molecule has 1 aromatic rings. The lowest BCUT2D eigenvalue weighted by Gasteiger charge is -2.36. The van der Waals surface area contributed by atoms with Crippen molar-refractivity contribution in [2.75, 3.05) is 11.5 Å². The molecule has 2 fully saturated rings. The molecule has 7 heteroatoms. The van der Waals surface area contributed by atoms with Crippen LogP contribution in [-0.4, -0.2) is 47.3 Å². The van der Waals surface area contributed by atoms with Gasteiger partial charge in [-0.15, -0.1) is 0 Å². The Kier molecular flexibility index (Phi) is 7.92. The lowest BCUT2D eigenvalue weighted by molar-refractivity contribution is -0.143. The van der Waals surface area contributed by atoms with E-state index >= 15 is 0 Å². The molecule has 7 nitrogen and oxygen atoms in total. The Bertz CT molecular complexity index is 879. The van der Waals surface area contributed by atoms with E-state index in [2.05, 4.69) is 0 Å². The highest BCUT2D eigenvalue weighted by Crippen LogP contribution is 2.33. The average Bonchev–Trinajstić information content (AvgIpc) is 2.90. The molecular weight excluding hydrogens is 420 g/mol. The van der Waals surface area contributed by atoms with Crippen LogP contribution in [0, 0.1) is 5.41 Å². The lowest BCUT2D eigenvalue weighted by atomic mass is 9.90. The van der Waals surface area contributed by atoms with E-state index in [0.29, 0.717) is 17.7 Å². The van der Waals surface area contributed by atoms with Gasteiger partial charge in [0.15, 0.2) is 0 Å². The fraction of sp³-hybridized carbons (Fsp3) is 0.615. The average molecular weight is 457 g/mol. The summed E-state index contributed by atoms with van der Waals surface area (Å²) in [6.45, 7) is 8.03. The van der Waals surface area contributed by atoms with Gasteiger partial charge in [-0.2, -0.15) is 0 Å². The lowest BCUT2D eigenvalue weighted by Crippen LogP contribution is -2.51. The van der Waals surface area contributed by atoms with Crippen LogP contribution in [0.3, 0.4) is 0 Å².